The van der Waals surface area contributed by atoms with Crippen LogP contribution in [0.15, 0.2) is 44.5 Å². The molecule has 0 amide bonds. The Hall–Kier alpha value is -1.14. The normalized spacial score (nSPS) is 10.5. The van der Waals surface area contributed by atoms with Gasteiger partial charge in [-0.2, -0.15) is 0 Å². The third kappa shape index (κ3) is 2.76. The number of benzene rings is 1. The minimum atomic E-state index is -0.123. The fourth-order valence-electron chi connectivity index (χ4n) is 1.43. The SMILES string of the molecule is Nc1cc(Br)ccc1Cn1cncc(Br)c1=O. The Morgan fingerprint density at radius 3 is 2.82 bits per heavy atom. The van der Waals surface area contributed by atoms with Gasteiger partial charge in [-0.05, 0) is 33.6 Å². The summed E-state index contributed by atoms with van der Waals surface area (Å²) in [5, 5.41) is 0. The summed E-state index contributed by atoms with van der Waals surface area (Å²) in [5.41, 5.74) is 7.29. The molecule has 0 aliphatic heterocycles. The lowest BCUT2D eigenvalue weighted by Gasteiger charge is -2.08. The van der Waals surface area contributed by atoms with Crippen molar-refractivity contribution in [2.24, 2.45) is 0 Å². The molecule has 1 aromatic carbocycles. The van der Waals surface area contributed by atoms with Gasteiger partial charge < -0.3 is 5.73 Å². The third-order valence-electron chi connectivity index (χ3n) is 2.31. The Labute approximate surface area is 115 Å². The first-order valence-corrected chi connectivity index (χ1v) is 6.40. The summed E-state index contributed by atoms with van der Waals surface area (Å²) in [6.45, 7) is 0.407. The highest BCUT2D eigenvalue weighted by Crippen LogP contribution is 2.19. The highest BCUT2D eigenvalue weighted by atomic mass is 79.9. The lowest BCUT2D eigenvalue weighted by Crippen LogP contribution is -2.21. The first-order valence-electron chi connectivity index (χ1n) is 4.82. The average molecular weight is 359 g/mol. The standard InChI is InChI=1S/C11H9Br2N3O/c12-8-2-1-7(10(14)3-8)5-16-6-15-4-9(13)11(16)17/h1-4,6H,5,14H2. The van der Waals surface area contributed by atoms with Crippen LogP contribution in [0.1, 0.15) is 5.56 Å². The molecule has 0 aliphatic rings. The minimum absolute atomic E-state index is 0.123. The molecule has 0 unspecified atom stereocenters. The maximum atomic E-state index is 11.8. The molecule has 2 N–H and O–H groups in total. The van der Waals surface area contributed by atoms with Crippen LogP contribution in [-0.2, 0) is 6.54 Å². The molecule has 0 radical (unpaired) electrons. The monoisotopic (exact) mass is 357 g/mol. The van der Waals surface area contributed by atoms with Gasteiger partial charge in [0.2, 0.25) is 0 Å². The van der Waals surface area contributed by atoms with E-state index in [1.54, 1.807) is 0 Å². The van der Waals surface area contributed by atoms with E-state index in [2.05, 4.69) is 36.8 Å². The molecule has 6 heteroatoms. The highest BCUT2D eigenvalue weighted by Gasteiger charge is 2.04. The van der Waals surface area contributed by atoms with Crippen molar-refractivity contribution in [3.8, 4) is 0 Å². The molecule has 0 spiro atoms. The molecular weight excluding hydrogens is 350 g/mol. The second-order valence-corrected chi connectivity index (χ2v) is 5.29. The lowest BCUT2D eigenvalue weighted by atomic mass is 10.2. The number of rotatable bonds is 2. The quantitative estimate of drug-likeness (QED) is 0.838. The Balaban J connectivity index is 2.38. The molecule has 4 nitrogen and oxygen atoms in total. The van der Waals surface area contributed by atoms with Gasteiger partial charge in [-0.1, -0.05) is 22.0 Å². The summed E-state index contributed by atoms with van der Waals surface area (Å²) in [6.07, 6.45) is 2.97. The zero-order valence-electron chi connectivity index (χ0n) is 8.73. The first kappa shape index (κ1) is 12.3. The van der Waals surface area contributed by atoms with Gasteiger partial charge in [0.25, 0.3) is 5.56 Å². The molecule has 1 heterocycles. The van der Waals surface area contributed by atoms with Crippen molar-refractivity contribution in [1.29, 1.82) is 0 Å². The summed E-state index contributed by atoms with van der Waals surface area (Å²) >= 11 is 6.49. The number of nitrogens with zero attached hydrogens (tertiary/aromatic N) is 2. The van der Waals surface area contributed by atoms with Crippen molar-refractivity contribution >= 4 is 37.5 Å². The summed E-state index contributed by atoms with van der Waals surface area (Å²) in [4.78, 5) is 15.7. The van der Waals surface area contributed by atoms with Crippen LogP contribution in [0.3, 0.4) is 0 Å². The van der Waals surface area contributed by atoms with Crippen LogP contribution in [0.25, 0.3) is 0 Å². The van der Waals surface area contributed by atoms with Crippen LogP contribution in [0.4, 0.5) is 5.69 Å². The van der Waals surface area contributed by atoms with E-state index in [4.69, 9.17) is 5.73 Å². The van der Waals surface area contributed by atoms with E-state index in [9.17, 15) is 4.79 Å². The molecule has 0 aliphatic carbocycles. The fraction of sp³-hybridized carbons (Fsp3) is 0.0909. The lowest BCUT2D eigenvalue weighted by molar-refractivity contribution is 0.732. The van der Waals surface area contributed by atoms with Crippen molar-refractivity contribution in [1.82, 2.24) is 9.55 Å². The molecule has 0 bridgehead atoms. The van der Waals surface area contributed by atoms with Gasteiger partial charge in [-0.3, -0.25) is 9.36 Å². The van der Waals surface area contributed by atoms with Crippen LogP contribution < -0.4 is 11.3 Å². The Morgan fingerprint density at radius 1 is 1.35 bits per heavy atom. The molecule has 0 atom stereocenters. The Kier molecular flexibility index (Phi) is 3.63. The summed E-state index contributed by atoms with van der Waals surface area (Å²) < 4.78 is 2.86. The van der Waals surface area contributed by atoms with E-state index in [-0.39, 0.29) is 5.56 Å². The van der Waals surface area contributed by atoms with Gasteiger partial charge in [0.15, 0.2) is 0 Å². The average Bonchev–Trinajstić information content (AvgIpc) is 2.28. The van der Waals surface area contributed by atoms with Gasteiger partial charge in [0, 0.05) is 16.4 Å². The molecule has 2 aromatic rings. The van der Waals surface area contributed by atoms with Crippen LogP contribution in [0.5, 0.6) is 0 Å². The maximum absolute atomic E-state index is 11.8. The van der Waals surface area contributed by atoms with E-state index in [0.717, 1.165) is 10.0 Å². The van der Waals surface area contributed by atoms with E-state index in [1.165, 1.54) is 17.1 Å². The number of hydrogen-bond donors (Lipinski definition) is 1. The summed E-state index contributed by atoms with van der Waals surface area (Å²) in [6, 6.07) is 5.58. The zero-order valence-corrected chi connectivity index (χ0v) is 11.9. The van der Waals surface area contributed by atoms with E-state index in [0.29, 0.717) is 16.7 Å². The summed E-state index contributed by atoms with van der Waals surface area (Å²) in [7, 11) is 0. The van der Waals surface area contributed by atoms with Gasteiger partial charge in [-0.15, -0.1) is 0 Å². The maximum Gasteiger partial charge on any atom is 0.267 e. The van der Waals surface area contributed by atoms with Gasteiger partial charge >= 0.3 is 0 Å². The van der Waals surface area contributed by atoms with E-state index < -0.39 is 0 Å². The van der Waals surface area contributed by atoms with Crippen LogP contribution >= 0.6 is 31.9 Å². The smallest absolute Gasteiger partial charge is 0.267 e. The summed E-state index contributed by atoms with van der Waals surface area (Å²) in [5.74, 6) is 0. The van der Waals surface area contributed by atoms with Crippen molar-refractivity contribution < 1.29 is 0 Å². The predicted octanol–water partition coefficient (Wildman–Crippen LogP) is 2.40. The van der Waals surface area contributed by atoms with E-state index in [1.807, 2.05) is 18.2 Å². The number of halogens is 2. The molecule has 0 saturated carbocycles. The topological polar surface area (TPSA) is 60.9 Å². The molecular formula is C11H9Br2N3O. The van der Waals surface area contributed by atoms with Crippen LogP contribution in [0, 0.1) is 0 Å². The third-order valence-corrected chi connectivity index (χ3v) is 3.34. The largest absolute Gasteiger partial charge is 0.398 e. The molecule has 0 fully saturated rings. The number of aromatic nitrogens is 2. The van der Waals surface area contributed by atoms with Crippen LogP contribution in [0.2, 0.25) is 0 Å². The van der Waals surface area contributed by atoms with Crippen molar-refractivity contribution in [2.45, 2.75) is 6.54 Å². The van der Waals surface area contributed by atoms with Crippen molar-refractivity contribution in [2.75, 3.05) is 5.73 Å². The van der Waals surface area contributed by atoms with Gasteiger partial charge in [0.05, 0.1) is 12.9 Å². The van der Waals surface area contributed by atoms with Gasteiger partial charge in [0.1, 0.15) is 4.47 Å². The van der Waals surface area contributed by atoms with Crippen molar-refractivity contribution in [3.63, 3.8) is 0 Å². The van der Waals surface area contributed by atoms with Gasteiger partial charge in [-0.25, -0.2) is 4.98 Å². The van der Waals surface area contributed by atoms with Crippen molar-refractivity contribution in [3.05, 3.63) is 55.6 Å². The number of nitrogens with two attached hydrogens (primary N) is 1. The number of hydrogen-bond acceptors (Lipinski definition) is 3. The van der Waals surface area contributed by atoms with E-state index >= 15 is 0 Å². The Morgan fingerprint density at radius 2 is 2.12 bits per heavy atom. The molecule has 0 saturated heterocycles. The first-order chi connectivity index (χ1) is 8.08. The Bertz CT molecular complexity index is 610. The molecule has 88 valence electrons. The number of anilines is 1. The van der Waals surface area contributed by atoms with Crippen LogP contribution in [-0.4, -0.2) is 9.55 Å². The second-order valence-electron chi connectivity index (χ2n) is 3.52. The second kappa shape index (κ2) is 5.01. The highest BCUT2D eigenvalue weighted by molar-refractivity contribution is 9.10. The fourth-order valence-corrected chi connectivity index (χ4v) is 2.15. The number of nitrogen functional groups attached to an aromatic ring is 1. The minimum Gasteiger partial charge on any atom is -0.398 e. The molecule has 17 heavy (non-hydrogen) atoms. The predicted molar refractivity (Wildman–Crippen MR) is 73.9 cm³/mol. The zero-order chi connectivity index (χ0) is 12.4. The molecule has 1 aromatic heterocycles. The molecule has 2 rings (SSSR count).